The number of aliphatic hydroxyl groups excluding tert-OH is 1. The molecule has 0 radical (unpaired) electrons. The van der Waals surface area contributed by atoms with Crippen LogP contribution in [0.4, 0.5) is 0 Å². The Morgan fingerprint density at radius 3 is 2.76 bits per heavy atom. The summed E-state index contributed by atoms with van der Waals surface area (Å²) in [5.41, 5.74) is 2.78. The first-order valence-electron chi connectivity index (χ1n) is 9.96. The van der Waals surface area contributed by atoms with Gasteiger partial charge in [0.05, 0.1) is 19.2 Å². The number of benzene rings is 1. The second kappa shape index (κ2) is 8.81. The first kappa shape index (κ1) is 18.4. The van der Waals surface area contributed by atoms with Gasteiger partial charge in [-0.25, -0.2) is 0 Å². The summed E-state index contributed by atoms with van der Waals surface area (Å²) in [6, 6.07) is 8.92. The van der Waals surface area contributed by atoms with E-state index in [1.54, 1.807) is 0 Å². The van der Waals surface area contributed by atoms with Crippen molar-refractivity contribution in [2.45, 2.75) is 64.0 Å². The number of fused-ring (bicyclic) bond motifs is 1. The standard InChI is InChI=1S/C21H32N2O2/c1-2-18(15-24)22-14-20(25)23-13-12-16-8-6-7-11-19(16)21(23)17-9-4-3-5-10-17/h6-8,11,17-18,21-22,24H,2-5,9-10,12-15H2,1H3/t18-,21?/m0/s1. The van der Waals surface area contributed by atoms with Crippen LogP contribution in [-0.2, 0) is 11.2 Å². The van der Waals surface area contributed by atoms with Crippen molar-refractivity contribution in [1.82, 2.24) is 10.2 Å². The quantitative estimate of drug-likeness (QED) is 0.834. The molecule has 3 rings (SSSR count). The molecule has 4 heteroatoms. The van der Waals surface area contributed by atoms with E-state index in [0.717, 1.165) is 19.4 Å². The van der Waals surface area contributed by atoms with Crippen LogP contribution in [0, 0.1) is 5.92 Å². The van der Waals surface area contributed by atoms with Crippen LogP contribution in [0.1, 0.15) is 62.6 Å². The topological polar surface area (TPSA) is 52.6 Å². The number of carbonyl (C=O) groups is 1. The third-order valence-corrected chi connectivity index (χ3v) is 6.00. The average Bonchev–Trinajstić information content (AvgIpc) is 2.68. The fourth-order valence-corrected chi connectivity index (χ4v) is 4.51. The van der Waals surface area contributed by atoms with E-state index in [-0.39, 0.29) is 24.6 Å². The highest BCUT2D eigenvalue weighted by atomic mass is 16.3. The second-order valence-electron chi connectivity index (χ2n) is 7.55. The molecule has 1 unspecified atom stereocenters. The molecular weight excluding hydrogens is 312 g/mol. The molecule has 138 valence electrons. The van der Waals surface area contributed by atoms with E-state index in [9.17, 15) is 9.90 Å². The van der Waals surface area contributed by atoms with Crippen LogP contribution < -0.4 is 5.32 Å². The number of carbonyl (C=O) groups excluding carboxylic acids is 1. The van der Waals surface area contributed by atoms with Crippen molar-refractivity contribution in [2.75, 3.05) is 19.7 Å². The zero-order chi connectivity index (χ0) is 17.6. The molecule has 1 aromatic carbocycles. The minimum atomic E-state index is 0.00848. The molecule has 2 atom stereocenters. The summed E-state index contributed by atoms with van der Waals surface area (Å²) >= 11 is 0. The molecule has 0 saturated heterocycles. The summed E-state index contributed by atoms with van der Waals surface area (Å²) in [7, 11) is 0. The largest absolute Gasteiger partial charge is 0.395 e. The lowest BCUT2D eigenvalue weighted by Crippen LogP contribution is -2.48. The summed E-state index contributed by atoms with van der Waals surface area (Å²) < 4.78 is 0. The van der Waals surface area contributed by atoms with Crippen LogP contribution in [0.15, 0.2) is 24.3 Å². The van der Waals surface area contributed by atoms with Gasteiger partial charge in [0.15, 0.2) is 0 Å². The first-order valence-corrected chi connectivity index (χ1v) is 9.96. The van der Waals surface area contributed by atoms with Gasteiger partial charge in [0.2, 0.25) is 5.91 Å². The van der Waals surface area contributed by atoms with Crippen molar-refractivity contribution in [3.63, 3.8) is 0 Å². The van der Waals surface area contributed by atoms with Gasteiger partial charge in [0.1, 0.15) is 0 Å². The Hall–Kier alpha value is -1.39. The van der Waals surface area contributed by atoms with Crippen molar-refractivity contribution in [3.8, 4) is 0 Å². The van der Waals surface area contributed by atoms with Gasteiger partial charge in [-0.3, -0.25) is 4.79 Å². The first-order chi connectivity index (χ1) is 12.2. The Morgan fingerprint density at radius 2 is 2.04 bits per heavy atom. The molecule has 1 amide bonds. The van der Waals surface area contributed by atoms with Gasteiger partial charge >= 0.3 is 0 Å². The molecule has 0 spiro atoms. The lowest BCUT2D eigenvalue weighted by Gasteiger charge is -2.43. The van der Waals surface area contributed by atoms with E-state index in [2.05, 4.69) is 34.5 Å². The smallest absolute Gasteiger partial charge is 0.237 e. The second-order valence-corrected chi connectivity index (χ2v) is 7.55. The Labute approximate surface area is 151 Å². The highest BCUT2D eigenvalue weighted by Crippen LogP contribution is 2.41. The molecule has 2 aliphatic rings. The molecule has 0 bridgehead atoms. The molecule has 1 aliphatic heterocycles. The average molecular weight is 344 g/mol. The van der Waals surface area contributed by atoms with Crippen LogP contribution in [0.25, 0.3) is 0 Å². The maximum atomic E-state index is 13.0. The number of nitrogens with one attached hydrogen (secondary N) is 1. The maximum Gasteiger partial charge on any atom is 0.237 e. The van der Waals surface area contributed by atoms with Gasteiger partial charge < -0.3 is 15.3 Å². The van der Waals surface area contributed by atoms with Gasteiger partial charge in [0, 0.05) is 12.6 Å². The monoisotopic (exact) mass is 344 g/mol. The SMILES string of the molecule is CC[C@@H](CO)NCC(=O)N1CCc2ccccc2C1C1CCCCC1. The van der Waals surface area contributed by atoms with Crippen LogP contribution in [0.5, 0.6) is 0 Å². The van der Waals surface area contributed by atoms with E-state index in [0.29, 0.717) is 12.5 Å². The van der Waals surface area contributed by atoms with Gasteiger partial charge in [-0.15, -0.1) is 0 Å². The fourth-order valence-electron chi connectivity index (χ4n) is 4.51. The van der Waals surface area contributed by atoms with E-state index in [4.69, 9.17) is 0 Å². The molecule has 2 N–H and O–H groups in total. The number of aliphatic hydroxyl groups is 1. The molecule has 4 nitrogen and oxygen atoms in total. The predicted molar refractivity (Wildman–Crippen MR) is 100 cm³/mol. The normalized spacial score (nSPS) is 22.5. The fraction of sp³-hybridized carbons (Fsp3) is 0.667. The highest BCUT2D eigenvalue weighted by Gasteiger charge is 2.36. The Morgan fingerprint density at radius 1 is 1.28 bits per heavy atom. The number of amides is 1. The highest BCUT2D eigenvalue weighted by molar-refractivity contribution is 5.79. The Balaban J connectivity index is 1.78. The molecule has 1 aromatic rings. The van der Waals surface area contributed by atoms with E-state index >= 15 is 0 Å². The van der Waals surface area contributed by atoms with Crippen molar-refractivity contribution in [1.29, 1.82) is 0 Å². The summed E-state index contributed by atoms with van der Waals surface area (Å²) in [6.07, 6.45) is 8.13. The van der Waals surface area contributed by atoms with Gasteiger partial charge in [-0.1, -0.05) is 50.5 Å². The molecule has 25 heavy (non-hydrogen) atoms. The minimum Gasteiger partial charge on any atom is -0.395 e. The van der Waals surface area contributed by atoms with Crippen LogP contribution >= 0.6 is 0 Å². The zero-order valence-corrected chi connectivity index (χ0v) is 15.4. The minimum absolute atomic E-state index is 0.00848. The van der Waals surface area contributed by atoms with Crippen molar-refractivity contribution in [3.05, 3.63) is 35.4 Å². The molecule has 1 fully saturated rings. The van der Waals surface area contributed by atoms with Crippen molar-refractivity contribution in [2.24, 2.45) is 5.92 Å². The summed E-state index contributed by atoms with van der Waals surface area (Å²) in [5.74, 6) is 0.760. The van der Waals surface area contributed by atoms with Crippen LogP contribution in [0.3, 0.4) is 0 Å². The van der Waals surface area contributed by atoms with Crippen molar-refractivity contribution < 1.29 is 9.90 Å². The Kier molecular flexibility index (Phi) is 6.49. The van der Waals surface area contributed by atoms with E-state index in [1.807, 2.05) is 6.92 Å². The Bertz CT molecular complexity index is 565. The lowest BCUT2D eigenvalue weighted by molar-refractivity contribution is -0.135. The number of hydrogen-bond donors (Lipinski definition) is 2. The van der Waals surface area contributed by atoms with Gasteiger partial charge in [-0.2, -0.15) is 0 Å². The molecule has 0 aromatic heterocycles. The lowest BCUT2D eigenvalue weighted by atomic mass is 9.77. The summed E-state index contributed by atoms with van der Waals surface area (Å²) in [4.78, 5) is 15.1. The zero-order valence-electron chi connectivity index (χ0n) is 15.4. The number of rotatable bonds is 6. The maximum absolute atomic E-state index is 13.0. The third kappa shape index (κ3) is 4.24. The molecular formula is C21H32N2O2. The molecule has 1 heterocycles. The summed E-state index contributed by atoms with van der Waals surface area (Å²) in [5, 5.41) is 12.6. The number of nitrogens with zero attached hydrogens (tertiary/aromatic N) is 1. The predicted octanol–water partition coefficient (Wildman–Crippen LogP) is 3.05. The van der Waals surface area contributed by atoms with E-state index < -0.39 is 0 Å². The van der Waals surface area contributed by atoms with E-state index in [1.165, 1.54) is 43.2 Å². The van der Waals surface area contributed by atoms with Gasteiger partial charge in [0.25, 0.3) is 0 Å². The molecule has 1 saturated carbocycles. The summed E-state index contributed by atoms with van der Waals surface area (Å²) in [6.45, 7) is 3.25. The third-order valence-electron chi connectivity index (χ3n) is 6.00. The van der Waals surface area contributed by atoms with Crippen molar-refractivity contribution >= 4 is 5.91 Å². The van der Waals surface area contributed by atoms with Crippen LogP contribution in [0.2, 0.25) is 0 Å². The van der Waals surface area contributed by atoms with Crippen LogP contribution in [-0.4, -0.2) is 41.7 Å². The molecule has 1 aliphatic carbocycles. The number of hydrogen-bond acceptors (Lipinski definition) is 3. The van der Waals surface area contributed by atoms with Gasteiger partial charge in [-0.05, 0) is 42.7 Å².